The molecule has 0 radical (unpaired) electrons. The second kappa shape index (κ2) is 9.58. The van der Waals surface area contributed by atoms with Gasteiger partial charge >= 0.3 is 0 Å². The molecule has 0 bridgehead atoms. The van der Waals surface area contributed by atoms with Crippen LogP contribution in [0.5, 0.6) is 0 Å². The van der Waals surface area contributed by atoms with Gasteiger partial charge in [0.05, 0.1) is 17.7 Å². The summed E-state index contributed by atoms with van der Waals surface area (Å²) in [5, 5.41) is 5.85. The Morgan fingerprint density at radius 1 is 1.00 bits per heavy atom. The molecule has 0 aliphatic carbocycles. The van der Waals surface area contributed by atoms with E-state index in [1.807, 2.05) is 54.6 Å². The molecule has 3 heterocycles. The fourth-order valence-corrected chi connectivity index (χ4v) is 4.34. The van der Waals surface area contributed by atoms with Crippen molar-refractivity contribution in [2.75, 3.05) is 11.9 Å². The molecule has 3 N–H and O–H groups in total. The zero-order valence-electron chi connectivity index (χ0n) is 19.9. The van der Waals surface area contributed by atoms with Crippen LogP contribution in [0.25, 0.3) is 22.5 Å². The zero-order valence-corrected chi connectivity index (χ0v) is 19.9. The maximum atomic E-state index is 12.5. The number of hydrogen-bond donors (Lipinski definition) is 3. The lowest BCUT2D eigenvalue weighted by Crippen LogP contribution is -2.31. The predicted octanol–water partition coefficient (Wildman–Crippen LogP) is 5.33. The van der Waals surface area contributed by atoms with Crippen LogP contribution in [-0.2, 0) is 17.6 Å². The van der Waals surface area contributed by atoms with Crippen LogP contribution in [0.4, 0.5) is 5.69 Å². The maximum Gasteiger partial charge on any atom is 0.253 e. The smallest absolute Gasteiger partial charge is 0.253 e. The van der Waals surface area contributed by atoms with Crippen LogP contribution in [-0.4, -0.2) is 28.3 Å². The lowest BCUT2D eigenvalue weighted by atomic mass is 10.0. The highest BCUT2D eigenvalue weighted by atomic mass is 16.2. The van der Waals surface area contributed by atoms with E-state index in [2.05, 4.69) is 46.6 Å². The van der Waals surface area contributed by atoms with Gasteiger partial charge in [-0.3, -0.25) is 14.6 Å². The van der Waals surface area contributed by atoms with Crippen molar-refractivity contribution in [1.29, 1.82) is 0 Å². The molecule has 0 unspecified atom stereocenters. The number of benzene rings is 2. The molecule has 6 nitrogen and oxygen atoms in total. The van der Waals surface area contributed by atoms with Crippen molar-refractivity contribution < 1.29 is 9.59 Å². The van der Waals surface area contributed by atoms with Crippen LogP contribution >= 0.6 is 0 Å². The fraction of sp³-hybridized carbons (Fsp3) is 0.207. The minimum atomic E-state index is -0.0464. The first kappa shape index (κ1) is 22.6. The second-order valence-corrected chi connectivity index (χ2v) is 9.21. The molecule has 1 aliphatic rings. The molecule has 0 saturated carbocycles. The summed E-state index contributed by atoms with van der Waals surface area (Å²) >= 11 is 0. The number of nitrogens with one attached hydrogen (secondary N) is 3. The summed E-state index contributed by atoms with van der Waals surface area (Å²) in [6.45, 7) is 4.97. The number of carbonyl (C=O) groups excluding carboxylic acids is 2. The van der Waals surface area contributed by atoms with E-state index in [-0.39, 0.29) is 11.8 Å². The van der Waals surface area contributed by atoms with E-state index in [9.17, 15) is 9.59 Å². The molecule has 4 aromatic rings. The monoisotopic (exact) mass is 464 g/mol. The van der Waals surface area contributed by atoms with E-state index in [1.165, 1.54) is 5.56 Å². The van der Waals surface area contributed by atoms with Gasteiger partial charge in [0.1, 0.15) is 0 Å². The number of rotatable bonds is 6. The third-order valence-corrected chi connectivity index (χ3v) is 6.35. The van der Waals surface area contributed by atoms with Gasteiger partial charge in [-0.25, -0.2) is 0 Å². The van der Waals surface area contributed by atoms with Crippen molar-refractivity contribution >= 4 is 17.5 Å². The number of H-pyrrole nitrogens is 1. The summed E-state index contributed by atoms with van der Waals surface area (Å²) < 4.78 is 0. The van der Waals surface area contributed by atoms with Gasteiger partial charge < -0.3 is 15.6 Å². The molecule has 6 heteroatoms. The Labute approximate surface area is 204 Å². The normalized spacial score (nSPS) is 12.8. The second-order valence-electron chi connectivity index (χ2n) is 9.21. The highest BCUT2D eigenvalue weighted by Crippen LogP contribution is 2.27. The number of aromatic amines is 1. The molecule has 5 rings (SSSR count). The van der Waals surface area contributed by atoms with Gasteiger partial charge in [-0.05, 0) is 47.4 Å². The molecule has 0 fully saturated rings. The summed E-state index contributed by atoms with van der Waals surface area (Å²) in [5.74, 6) is 0.393. The predicted molar refractivity (Wildman–Crippen MR) is 138 cm³/mol. The highest BCUT2D eigenvalue weighted by Gasteiger charge is 2.20. The Kier molecular flexibility index (Phi) is 6.19. The molecule has 2 aromatic heterocycles. The van der Waals surface area contributed by atoms with Crippen molar-refractivity contribution in [3.8, 4) is 22.5 Å². The van der Waals surface area contributed by atoms with Crippen LogP contribution in [0, 0.1) is 0 Å². The van der Waals surface area contributed by atoms with E-state index < -0.39 is 0 Å². The first-order valence-corrected chi connectivity index (χ1v) is 11.9. The lowest BCUT2D eigenvalue weighted by Gasteiger charge is -2.11. The molecule has 2 aromatic carbocycles. The summed E-state index contributed by atoms with van der Waals surface area (Å²) in [6, 6.07) is 21.7. The van der Waals surface area contributed by atoms with Crippen molar-refractivity contribution in [3.05, 3.63) is 95.3 Å². The van der Waals surface area contributed by atoms with Gasteiger partial charge in [0, 0.05) is 47.4 Å². The maximum absolute atomic E-state index is 12.5. The number of hydrogen-bond acceptors (Lipinski definition) is 3. The van der Waals surface area contributed by atoms with Crippen molar-refractivity contribution in [2.45, 2.75) is 32.6 Å². The molecular weight excluding hydrogens is 436 g/mol. The van der Waals surface area contributed by atoms with E-state index >= 15 is 0 Å². The number of anilines is 1. The van der Waals surface area contributed by atoms with Gasteiger partial charge in [-0.2, -0.15) is 0 Å². The molecule has 0 atom stereocenters. The molecule has 0 spiro atoms. The van der Waals surface area contributed by atoms with Crippen LogP contribution < -0.4 is 10.6 Å². The molecule has 2 amide bonds. The van der Waals surface area contributed by atoms with Crippen molar-refractivity contribution in [1.82, 2.24) is 15.3 Å². The summed E-state index contributed by atoms with van der Waals surface area (Å²) in [6.07, 6.45) is 2.90. The quantitative estimate of drug-likeness (QED) is 0.360. The molecular formula is C29H28N4O2. The lowest BCUT2D eigenvalue weighted by molar-refractivity contribution is -0.115. The Bertz CT molecular complexity index is 1370. The van der Waals surface area contributed by atoms with Gasteiger partial charge in [-0.15, -0.1) is 0 Å². The van der Waals surface area contributed by atoms with Crippen LogP contribution in [0.3, 0.4) is 0 Å². The Morgan fingerprint density at radius 3 is 2.49 bits per heavy atom. The van der Waals surface area contributed by atoms with Crippen LogP contribution in [0.1, 0.15) is 46.9 Å². The first-order chi connectivity index (χ1) is 17.0. The number of carbonyl (C=O) groups is 2. The number of fused-ring (bicyclic) bond motifs is 1. The molecule has 176 valence electrons. The topological polar surface area (TPSA) is 86.9 Å². The van der Waals surface area contributed by atoms with Crippen LogP contribution in [0.15, 0.2) is 72.9 Å². The number of aromatic nitrogens is 2. The average molecular weight is 465 g/mol. The van der Waals surface area contributed by atoms with E-state index in [4.69, 9.17) is 0 Å². The van der Waals surface area contributed by atoms with Crippen molar-refractivity contribution in [2.24, 2.45) is 0 Å². The summed E-state index contributed by atoms with van der Waals surface area (Å²) in [4.78, 5) is 32.5. The Balaban J connectivity index is 1.27. The zero-order chi connectivity index (χ0) is 24.4. The summed E-state index contributed by atoms with van der Waals surface area (Å²) in [5.41, 5.74) is 8.33. The third kappa shape index (κ3) is 5.01. The standard InChI is InChI=1S/C29H28N4O2/c1-18(2)20-5-3-19(4-6-20)15-28(34)32-23-9-7-21(8-10-23)26-16-22(11-13-30-26)27-17-24-25(33-27)12-14-31-29(24)35/h3-11,13,16-18,33H,12,14-15H2,1-2H3,(H,31,35)(H,32,34). The van der Waals surface area contributed by atoms with Gasteiger partial charge in [0.15, 0.2) is 0 Å². The molecule has 0 saturated heterocycles. The molecule has 1 aliphatic heterocycles. The molecule has 35 heavy (non-hydrogen) atoms. The van der Waals surface area contributed by atoms with Gasteiger partial charge in [0.25, 0.3) is 5.91 Å². The van der Waals surface area contributed by atoms with E-state index in [1.54, 1.807) is 6.20 Å². The van der Waals surface area contributed by atoms with Crippen molar-refractivity contribution in [3.63, 3.8) is 0 Å². The fourth-order valence-electron chi connectivity index (χ4n) is 4.34. The third-order valence-electron chi connectivity index (χ3n) is 6.35. The minimum Gasteiger partial charge on any atom is -0.358 e. The Hall–Kier alpha value is -4.19. The van der Waals surface area contributed by atoms with E-state index in [0.717, 1.165) is 45.9 Å². The minimum absolute atomic E-state index is 0.0340. The van der Waals surface area contributed by atoms with Gasteiger partial charge in [-0.1, -0.05) is 50.2 Å². The first-order valence-electron chi connectivity index (χ1n) is 11.9. The van der Waals surface area contributed by atoms with E-state index in [0.29, 0.717) is 24.4 Å². The largest absolute Gasteiger partial charge is 0.358 e. The number of amides is 2. The highest BCUT2D eigenvalue weighted by molar-refractivity contribution is 5.98. The Morgan fingerprint density at radius 2 is 1.77 bits per heavy atom. The average Bonchev–Trinajstić information content (AvgIpc) is 3.31. The van der Waals surface area contributed by atoms with Crippen LogP contribution in [0.2, 0.25) is 0 Å². The summed E-state index contributed by atoms with van der Waals surface area (Å²) in [7, 11) is 0. The SMILES string of the molecule is CC(C)c1ccc(CC(=O)Nc2ccc(-c3cc(-c4cc5c([nH]4)CCNC5=O)ccn3)cc2)cc1. The number of pyridine rings is 1. The van der Waals surface area contributed by atoms with Gasteiger partial charge in [0.2, 0.25) is 5.91 Å². The number of nitrogens with zero attached hydrogens (tertiary/aromatic N) is 1.